The van der Waals surface area contributed by atoms with E-state index in [2.05, 4.69) is 94.3 Å². The number of anilines is 1. The number of morpholine rings is 1. The Labute approximate surface area is 215 Å². The van der Waals surface area contributed by atoms with Crippen molar-refractivity contribution < 1.29 is 4.74 Å². The van der Waals surface area contributed by atoms with Crippen molar-refractivity contribution in [3.63, 3.8) is 0 Å². The molecule has 1 saturated heterocycles. The Bertz CT molecular complexity index is 1370. The lowest BCUT2D eigenvalue weighted by atomic mass is 9.77. The molecule has 180 valence electrons. The van der Waals surface area contributed by atoms with Crippen molar-refractivity contribution in [3.8, 4) is 0 Å². The molecule has 1 aliphatic heterocycles. The van der Waals surface area contributed by atoms with Crippen LogP contribution in [0.15, 0.2) is 103 Å². The van der Waals surface area contributed by atoms with E-state index in [1.165, 1.54) is 0 Å². The molecule has 3 heterocycles. The molecule has 3 aromatic carbocycles. The summed E-state index contributed by atoms with van der Waals surface area (Å²) in [5.74, 6) is 0.900. The van der Waals surface area contributed by atoms with Crippen molar-refractivity contribution in [2.24, 2.45) is 0 Å². The molecule has 1 fully saturated rings. The van der Waals surface area contributed by atoms with Crippen LogP contribution in [0.1, 0.15) is 23.6 Å². The van der Waals surface area contributed by atoms with Crippen LogP contribution in [0, 0.1) is 0 Å². The summed E-state index contributed by atoms with van der Waals surface area (Å²) in [7, 11) is 0. The van der Waals surface area contributed by atoms with E-state index >= 15 is 0 Å². The van der Waals surface area contributed by atoms with Gasteiger partial charge < -0.3 is 9.64 Å². The van der Waals surface area contributed by atoms with Crippen LogP contribution in [-0.4, -0.2) is 40.6 Å². The number of fused-ring (bicyclic) bond motifs is 1. The van der Waals surface area contributed by atoms with E-state index in [9.17, 15) is 0 Å². The topological polar surface area (TPSA) is 43.2 Å². The van der Waals surface area contributed by atoms with E-state index < -0.39 is 5.54 Å². The van der Waals surface area contributed by atoms with Crippen molar-refractivity contribution in [1.29, 1.82) is 0 Å². The molecular weight excluding hydrogens is 468 g/mol. The number of nitrogens with zero attached hydrogens (tertiary/aromatic N) is 4. The zero-order chi connectivity index (χ0) is 24.5. The molecule has 1 aliphatic rings. The average Bonchev–Trinajstić information content (AvgIpc) is 3.30. The summed E-state index contributed by atoms with van der Waals surface area (Å²) in [4.78, 5) is 6.75. The van der Waals surface area contributed by atoms with Crippen LogP contribution >= 0.6 is 11.6 Å². The highest BCUT2D eigenvalue weighted by Gasteiger charge is 2.41. The minimum absolute atomic E-state index is 0.126. The summed E-state index contributed by atoms with van der Waals surface area (Å²) >= 11 is 6.51. The molecule has 0 bridgehead atoms. The molecule has 0 N–H and O–H groups in total. The van der Waals surface area contributed by atoms with Gasteiger partial charge in [-0.2, -0.15) is 5.10 Å². The van der Waals surface area contributed by atoms with Crippen molar-refractivity contribution in [3.05, 3.63) is 125 Å². The number of ether oxygens (including phenoxy) is 1. The highest BCUT2D eigenvalue weighted by atomic mass is 35.5. The predicted octanol–water partition coefficient (Wildman–Crippen LogP) is 6.15. The largest absolute Gasteiger partial charge is 0.375 e. The number of halogens is 1. The molecular formula is C30H27ClN4O. The molecule has 5 nitrogen and oxygen atoms in total. The minimum atomic E-state index is -0.733. The maximum Gasteiger partial charge on any atom is 0.160 e. The van der Waals surface area contributed by atoms with Crippen molar-refractivity contribution in [1.82, 2.24) is 14.8 Å². The molecule has 0 aliphatic carbocycles. The Morgan fingerprint density at radius 1 is 0.861 bits per heavy atom. The standard InChI is InChI=1S/C30H27ClN4O/c1-22-21-34(17-18-36-22)29-26-20-32-28(31)19-27(26)35(33-29)30(23-11-5-2-6-12-23,24-13-7-3-8-14-24)25-15-9-4-10-16-25/h2-16,19-20,22H,17-18,21H2,1H3. The van der Waals surface area contributed by atoms with Gasteiger partial charge in [0.25, 0.3) is 0 Å². The second-order valence-electron chi connectivity index (χ2n) is 9.20. The number of pyridine rings is 1. The lowest BCUT2D eigenvalue weighted by Gasteiger charge is -2.37. The average molecular weight is 495 g/mol. The lowest BCUT2D eigenvalue weighted by molar-refractivity contribution is 0.0529. The van der Waals surface area contributed by atoms with E-state index in [0.29, 0.717) is 11.8 Å². The summed E-state index contributed by atoms with van der Waals surface area (Å²) < 4.78 is 7.97. The van der Waals surface area contributed by atoms with E-state index in [0.717, 1.165) is 46.5 Å². The summed E-state index contributed by atoms with van der Waals surface area (Å²) in [5.41, 5.74) is 3.54. The molecule has 0 saturated carbocycles. The molecule has 0 amide bonds. The third-order valence-corrected chi connectivity index (χ3v) is 7.15. The van der Waals surface area contributed by atoms with Crippen molar-refractivity contribution >= 4 is 28.3 Å². The molecule has 2 aromatic heterocycles. The predicted molar refractivity (Wildman–Crippen MR) is 145 cm³/mol. The quantitative estimate of drug-likeness (QED) is 0.217. The monoisotopic (exact) mass is 494 g/mol. The van der Waals surface area contributed by atoms with Crippen molar-refractivity contribution in [2.75, 3.05) is 24.6 Å². The van der Waals surface area contributed by atoms with Crippen molar-refractivity contribution in [2.45, 2.75) is 18.6 Å². The van der Waals surface area contributed by atoms with E-state index in [4.69, 9.17) is 21.4 Å². The number of aromatic nitrogens is 3. The fraction of sp³-hybridized carbons (Fsp3) is 0.200. The summed E-state index contributed by atoms with van der Waals surface area (Å²) in [6.45, 7) is 4.30. The summed E-state index contributed by atoms with van der Waals surface area (Å²) in [5, 5.41) is 6.79. The highest BCUT2D eigenvalue weighted by Crippen LogP contribution is 2.44. The molecule has 36 heavy (non-hydrogen) atoms. The van der Waals surface area contributed by atoms with Crippen LogP contribution in [0.25, 0.3) is 10.9 Å². The van der Waals surface area contributed by atoms with Crippen LogP contribution in [0.2, 0.25) is 5.15 Å². The van der Waals surface area contributed by atoms with Gasteiger partial charge in [-0.05, 0) is 23.6 Å². The van der Waals surface area contributed by atoms with Gasteiger partial charge in [-0.1, -0.05) is 103 Å². The fourth-order valence-corrected chi connectivity index (χ4v) is 5.53. The Balaban J connectivity index is 1.73. The van der Waals surface area contributed by atoms with E-state index in [1.54, 1.807) is 0 Å². The van der Waals surface area contributed by atoms with Gasteiger partial charge in [0.2, 0.25) is 0 Å². The summed E-state index contributed by atoms with van der Waals surface area (Å²) in [6.07, 6.45) is 1.98. The number of rotatable bonds is 5. The zero-order valence-electron chi connectivity index (χ0n) is 20.1. The fourth-order valence-electron chi connectivity index (χ4n) is 5.38. The first-order chi connectivity index (χ1) is 17.7. The summed E-state index contributed by atoms with van der Waals surface area (Å²) in [6, 6.07) is 33.6. The third kappa shape index (κ3) is 3.76. The van der Waals surface area contributed by atoms with Crippen LogP contribution in [-0.2, 0) is 10.3 Å². The van der Waals surface area contributed by atoms with E-state index in [1.807, 2.05) is 30.5 Å². The zero-order valence-corrected chi connectivity index (χ0v) is 20.8. The normalized spacial score (nSPS) is 16.4. The second-order valence-corrected chi connectivity index (χ2v) is 9.58. The van der Waals surface area contributed by atoms with Crippen LogP contribution in [0.3, 0.4) is 0 Å². The van der Waals surface area contributed by atoms with Gasteiger partial charge in [-0.25, -0.2) is 9.67 Å². The molecule has 5 aromatic rings. The lowest BCUT2D eigenvalue weighted by Crippen LogP contribution is -2.42. The van der Waals surface area contributed by atoms with Gasteiger partial charge in [0.05, 0.1) is 23.6 Å². The smallest absolute Gasteiger partial charge is 0.160 e. The third-order valence-electron chi connectivity index (χ3n) is 6.95. The van der Waals surface area contributed by atoms with Gasteiger partial charge in [-0.3, -0.25) is 0 Å². The van der Waals surface area contributed by atoms with Gasteiger partial charge in [0.1, 0.15) is 10.7 Å². The van der Waals surface area contributed by atoms with Gasteiger partial charge in [0.15, 0.2) is 5.82 Å². The molecule has 6 rings (SSSR count). The Hall–Kier alpha value is -3.67. The van der Waals surface area contributed by atoms with Gasteiger partial charge in [-0.15, -0.1) is 0 Å². The van der Waals surface area contributed by atoms with Crippen LogP contribution in [0.5, 0.6) is 0 Å². The Morgan fingerprint density at radius 2 is 1.42 bits per heavy atom. The first-order valence-corrected chi connectivity index (χ1v) is 12.6. The second kappa shape index (κ2) is 9.41. The number of benzene rings is 3. The number of hydrogen-bond acceptors (Lipinski definition) is 4. The van der Waals surface area contributed by atoms with Crippen LogP contribution in [0.4, 0.5) is 5.82 Å². The van der Waals surface area contributed by atoms with Gasteiger partial charge >= 0.3 is 0 Å². The number of hydrogen-bond donors (Lipinski definition) is 0. The molecule has 1 unspecified atom stereocenters. The SMILES string of the molecule is CC1CN(c2nn(C(c3ccccc3)(c3ccccc3)c3ccccc3)c3cc(Cl)ncc23)CCO1. The molecule has 6 heteroatoms. The highest BCUT2D eigenvalue weighted by molar-refractivity contribution is 6.30. The Morgan fingerprint density at radius 3 is 1.94 bits per heavy atom. The molecule has 0 radical (unpaired) electrons. The molecule has 1 atom stereocenters. The Kier molecular flexibility index (Phi) is 5.96. The van der Waals surface area contributed by atoms with Crippen LogP contribution < -0.4 is 4.90 Å². The first-order valence-electron chi connectivity index (χ1n) is 12.3. The van der Waals surface area contributed by atoms with E-state index in [-0.39, 0.29) is 6.10 Å². The minimum Gasteiger partial charge on any atom is -0.375 e. The maximum atomic E-state index is 6.51. The maximum absolute atomic E-state index is 6.51. The van der Waals surface area contributed by atoms with Gasteiger partial charge in [0, 0.05) is 25.4 Å². The first kappa shape index (κ1) is 22.8. The molecule has 0 spiro atoms.